The summed E-state index contributed by atoms with van der Waals surface area (Å²) in [6.45, 7) is 0.511. The Morgan fingerprint density at radius 2 is 2.03 bits per heavy atom. The first-order valence-corrected chi connectivity index (χ1v) is 10.5. The Balaban J connectivity index is 1.61. The molecule has 2 aliphatic heterocycles. The maximum atomic E-state index is 13.0. The predicted octanol–water partition coefficient (Wildman–Crippen LogP) is 3.38. The molecule has 2 heterocycles. The van der Waals surface area contributed by atoms with Crippen LogP contribution in [0.4, 0.5) is 18.0 Å². The molecule has 0 aliphatic carbocycles. The van der Waals surface area contributed by atoms with Crippen LogP contribution in [-0.2, 0) is 9.53 Å². The van der Waals surface area contributed by atoms with Crippen LogP contribution < -0.4 is 10.1 Å². The molecule has 172 valence electrons. The lowest BCUT2D eigenvalue weighted by Crippen LogP contribution is -2.45. The van der Waals surface area contributed by atoms with Gasteiger partial charge < -0.3 is 24.6 Å². The van der Waals surface area contributed by atoms with E-state index in [1.165, 1.54) is 6.07 Å². The number of rotatable bonds is 3. The first-order chi connectivity index (χ1) is 14.7. The van der Waals surface area contributed by atoms with Gasteiger partial charge in [0.15, 0.2) is 6.61 Å². The number of ether oxygens (including phenoxy) is 2. The Morgan fingerprint density at radius 3 is 2.81 bits per heavy atom. The molecule has 0 spiro atoms. The fourth-order valence-electron chi connectivity index (χ4n) is 3.65. The topological polar surface area (TPSA) is 71.1 Å². The fraction of sp³-hybridized carbons (Fsp3) is 0.600. The van der Waals surface area contributed by atoms with Crippen LogP contribution in [-0.4, -0.2) is 74.0 Å². The van der Waals surface area contributed by atoms with Crippen molar-refractivity contribution in [2.24, 2.45) is 0 Å². The minimum Gasteiger partial charge on any atom is -0.484 e. The summed E-state index contributed by atoms with van der Waals surface area (Å²) in [5.41, 5.74) is 0.730. The molecule has 2 saturated heterocycles. The molecule has 0 bridgehead atoms. The number of halogens is 4. The highest BCUT2D eigenvalue weighted by atomic mass is 35.5. The first kappa shape index (κ1) is 23.5. The van der Waals surface area contributed by atoms with Crippen LogP contribution in [0.1, 0.15) is 30.7 Å². The maximum absolute atomic E-state index is 13.0. The molecule has 1 atom stereocenters. The summed E-state index contributed by atoms with van der Waals surface area (Å²) in [4.78, 5) is 27.8. The van der Waals surface area contributed by atoms with Gasteiger partial charge in [-0.3, -0.25) is 4.79 Å². The summed E-state index contributed by atoms with van der Waals surface area (Å²) in [5.74, 6) is -0.226. The standard InChI is InChI=1S/C20H25ClF3N3O4/c21-16-7-15(8-17(9-16)31-12-20(22,23)24)14-3-6-26(10-14)19(29)27-5-2-1-4-25-18(28)11-30-13-27/h7-9,14H,1-6,10-13H2,(H,25,28). The van der Waals surface area contributed by atoms with Gasteiger partial charge in [0, 0.05) is 37.1 Å². The van der Waals surface area contributed by atoms with Crippen molar-refractivity contribution in [1.29, 1.82) is 0 Å². The summed E-state index contributed by atoms with van der Waals surface area (Å²) in [6, 6.07) is 4.39. The van der Waals surface area contributed by atoms with Crippen molar-refractivity contribution in [3.8, 4) is 5.75 Å². The number of alkyl halides is 3. The van der Waals surface area contributed by atoms with E-state index in [9.17, 15) is 22.8 Å². The molecule has 2 aliphatic rings. The zero-order valence-corrected chi connectivity index (χ0v) is 17.7. The van der Waals surface area contributed by atoms with Gasteiger partial charge in [0.2, 0.25) is 5.91 Å². The molecule has 0 saturated carbocycles. The molecular formula is C20H25ClF3N3O4. The summed E-state index contributed by atoms with van der Waals surface area (Å²) in [7, 11) is 0. The van der Waals surface area contributed by atoms with Gasteiger partial charge in [-0.1, -0.05) is 11.6 Å². The van der Waals surface area contributed by atoms with E-state index in [2.05, 4.69) is 5.32 Å². The lowest BCUT2D eigenvalue weighted by atomic mass is 9.98. The van der Waals surface area contributed by atoms with Gasteiger partial charge in [-0.15, -0.1) is 0 Å². The minimum absolute atomic E-state index is 0.0278. The third-order valence-electron chi connectivity index (χ3n) is 5.15. The number of hydrogen-bond donors (Lipinski definition) is 1. The number of carbonyl (C=O) groups excluding carboxylic acids is 2. The van der Waals surface area contributed by atoms with Crippen molar-refractivity contribution < 1.29 is 32.2 Å². The van der Waals surface area contributed by atoms with Gasteiger partial charge in [0.25, 0.3) is 0 Å². The molecular weight excluding hydrogens is 439 g/mol. The van der Waals surface area contributed by atoms with Crippen LogP contribution in [0.2, 0.25) is 5.02 Å². The number of urea groups is 1. The third kappa shape index (κ3) is 7.17. The van der Waals surface area contributed by atoms with Crippen LogP contribution in [0.5, 0.6) is 5.75 Å². The van der Waals surface area contributed by atoms with Gasteiger partial charge in [0.1, 0.15) is 19.1 Å². The van der Waals surface area contributed by atoms with E-state index < -0.39 is 12.8 Å². The van der Waals surface area contributed by atoms with Crippen molar-refractivity contribution in [2.75, 3.05) is 46.1 Å². The average Bonchev–Trinajstić information content (AvgIpc) is 3.20. The zero-order chi connectivity index (χ0) is 22.4. The quantitative estimate of drug-likeness (QED) is 0.746. The fourth-order valence-corrected chi connectivity index (χ4v) is 3.88. The second-order valence-electron chi connectivity index (χ2n) is 7.64. The lowest BCUT2D eigenvalue weighted by molar-refractivity contribution is -0.153. The van der Waals surface area contributed by atoms with Gasteiger partial charge in [0.05, 0.1) is 0 Å². The summed E-state index contributed by atoms with van der Waals surface area (Å²) in [5, 5.41) is 3.02. The molecule has 3 rings (SSSR count). The van der Waals surface area contributed by atoms with Crippen LogP contribution in [0.3, 0.4) is 0 Å². The lowest BCUT2D eigenvalue weighted by Gasteiger charge is -2.28. The minimum atomic E-state index is -4.44. The summed E-state index contributed by atoms with van der Waals surface area (Å²) < 4.78 is 47.5. The van der Waals surface area contributed by atoms with Crippen molar-refractivity contribution in [3.63, 3.8) is 0 Å². The zero-order valence-electron chi connectivity index (χ0n) is 16.9. The molecule has 11 heteroatoms. The van der Waals surface area contributed by atoms with E-state index in [1.807, 2.05) is 0 Å². The smallest absolute Gasteiger partial charge is 0.422 e. The Kier molecular flexibility index (Phi) is 7.88. The molecule has 1 aromatic rings. The molecule has 1 unspecified atom stereocenters. The van der Waals surface area contributed by atoms with Gasteiger partial charge in [-0.2, -0.15) is 13.2 Å². The van der Waals surface area contributed by atoms with E-state index in [-0.39, 0.29) is 42.0 Å². The first-order valence-electron chi connectivity index (χ1n) is 10.1. The highest BCUT2D eigenvalue weighted by Gasteiger charge is 2.32. The third-order valence-corrected chi connectivity index (χ3v) is 5.37. The highest BCUT2D eigenvalue weighted by molar-refractivity contribution is 6.30. The van der Waals surface area contributed by atoms with Crippen LogP contribution in [0, 0.1) is 0 Å². The van der Waals surface area contributed by atoms with Gasteiger partial charge in [-0.05, 0) is 43.0 Å². The number of benzene rings is 1. The van der Waals surface area contributed by atoms with Crippen molar-refractivity contribution in [2.45, 2.75) is 31.4 Å². The molecule has 2 fully saturated rings. The van der Waals surface area contributed by atoms with E-state index in [0.29, 0.717) is 32.6 Å². The largest absolute Gasteiger partial charge is 0.484 e. The van der Waals surface area contributed by atoms with Crippen LogP contribution in [0.25, 0.3) is 0 Å². The van der Waals surface area contributed by atoms with Crippen LogP contribution in [0.15, 0.2) is 18.2 Å². The molecule has 0 radical (unpaired) electrons. The molecule has 1 aromatic carbocycles. The van der Waals surface area contributed by atoms with E-state index in [0.717, 1.165) is 18.4 Å². The normalized spacial score (nSPS) is 21.0. The van der Waals surface area contributed by atoms with E-state index in [1.54, 1.807) is 21.9 Å². The number of amides is 3. The second kappa shape index (κ2) is 10.4. The van der Waals surface area contributed by atoms with E-state index >= 15 is 0 Å². The molecule has 1 N–H and O–H groups in total. The number of hydrogen-bond acceptors (Lipinski definition) is 4. The number of likely N-dealkylation sites (tertiary alicyclic amines) is 1. The summed E-state index contributed by atoms with van der Waals surface area (Å²) >= 11 is 6.07. The average molecular weight is 464 g/mol. The molecule has 3 amide bonds. The van der Waals surface area contributed by atoms with Gasteiger partial charge >= 0.3 is 12.2 Å². The SMILES string of the molecule is O=C1COCN(C(=O)N2CCC(c3cc(Cl)cc(OCC(F)(F)F)c3)C2)CCCCN1. The highest BCUT2D eigenvalue weighted by Crippen LogP contribution is 2.33. The monoisotopic (exact) mass is 463 g/mol. The Morgan fingerprint density at radius 1 is 1.23 bits per heavy atom. The number of nitrogens with one attached hydrogen (secondary N) is 1. The molecule has 7 nitrogen and oxygen atoms in total. The molecule has 31 heavy (non-hydrogen) atoms. The van der Waals surface area contributed by atoms with Gasteiger partial charge in [-0.25, -0.2) is 4.79 Å². The maximum Gasteiger partial charge on any atom is 0.422 e. The van der Waals surface area contributed by atoms with Crippen molar-refractivity contribution in [1.82, 2.24) is 15.1 Å². The molecule has 0 aromatic heterocycles. The summed E-state index contributed by atoms with van der Waals surface area (Å²) in [6.07, 6.45) is -2.28. The van der Waals surface area contributed by atoms with Crippen molar-refractivity contribution in [3.05, 3.63) is 28.8 Å². The number of nitrogens with zero attached hydrogens (tertiary/aromatic N) is 2. The Hall–Kier alpha value is -2.20. The van der Waals surface area contributed by atoms with Crippen LogP contribution >= 0.6 is 11.6 Å². The predicted molar refractivity (Wildman–Crippen MR) is 107 cm³/mol. The number of carbonyl (C=O) groups is 2. The van der Waals surface area contributed by atoms with E-state index in [4.69, 9.17) is 21.1 Å². The Bertz CT molecular complexity index is 793. The Labute approximate surface area is 183 Å². The van der Waals surface area contributed by atoms with Crippen molar-refractivity contribution >= 4 is 23.5 Å². The second-order valence-corrected chi connectivity index (χ2v) is 8.07.